The van der Waals surface area contributed by atoms with Gasteiger partial charge in [0.25, 0.3) is 0 Å². The van der Waals surface area contributed by atoms with Crippen LogP contribution in [0.5, 0.6) is 0 Å². The molecule has 1 heterocycles. The normalized spacial score (nSPS) is 21.5. The van der Waals surface area contributed by atoms with Crippen molar-refractivity contribution >= 4 is 11.8 Å². The minimum Gasteiger partial charge on any atom is -0.465 e. The van der Waals surface area contributed by atoms with E-state index in [9.17, 15) is 9.90 Å². The minimum atomic E-state index is -0.820. The maximum absolute atomic E-state index is 11.3. The van der Waals surface area contributed by atoms with Gasteiger partial charge in [0, 0.05) is 12.0 Å². The van der Waals surface area contributed by atoms with Crippen LogP contribution in [0.3, 0.4) is 0 Å². The van der Waals surface area contributed by atoms with Crippen molar-refractivity contribution in [1.29, 1.82) is 0 Å². The molecule has 0 unspecified atom stereocenters. The zero-order chi connectivity index (χ0) is 11.9. The number of carbonyl (C=O) groups is 1. The Bertz CT molecular complexity index is 449. The number of amides is 1. The molecule has 1 spiro atoms. The molecule has 1 aliphatic carbocycles. The lowest BCUT2D eigenvalue weighted by molar-refractivity contribution is 0.199. The molecule has 0 atom stereocenters. The number of fused-ring (bicyclic) bond motifs is 2. The van der Waals surface area contributed by atoms with Gasteiger partial charge in [-0.05, 0) is 24.5 Å². The molecule has 1 amide bonds. The average molecular weight is 231 g/mol. The van der Waals surface area contributed by atoms with Crippen LogP contribution in [0.25, 0.3) is 0 Å². The second kappa shape index (κ2) is 3.76. The second-order valence-electron chi connectivity index (χ2n) is 5.23. The first-order valence-corrected chi connectivity index (χ1v) is 6.33. The Hall–Kier alpha value is -1.51. The summed E-state index contributed by atoms with van der Waals surface area (Å²) in [4.78, 5) is 12.8. The number of hydrogen-bond donors (Lipinski definition) is 1. The molecule has 1 fully saturated rings. The van der Waals surface area contributed by atoms with E-state index in [0.717, 1.165) is 18.5 Å². The van der Waals surface area contributed by atoms with Crippen molar-refractivity contribution in [3.8, 4) is 0 Å². The van der Waals surface area contributed by atoms with Gasteiger partial charge in [0.1, 0.15) is 0 Å². The van der Waals surface area contributed by atoms with Crippen LogP contribution >= 0.6 is 0 Å². The van der Waals surface area contributed by atoms with Crippen molar-refractivity contribution in [2.75, 3.05) is 11.4 Å². The fourth-order valence-electron chi connectivity index (χ4n) is 3.46. The Morgan fingerprint density at radius 3 is 2.59 bits per heavy atom. The zero-order valence-corrected chi connectivity index (χ0v) is 9.85. The molecule has 1 aromatic rings. The predicted octanol–water partition coefficient (Wildman–Crippen LogP) is 3.39. The second-order valence-corrected chi connectivity index (χ2v) is 5.23. The number of carboxylic acid groups (broad SMARTS) is 1. The maximum atomic E-state index is 11.3. The van der Waals surface area contributed by atoms with Gasteiger partial charge in [-0.25, -0.2) is 4.79 Å². The quantitative estimate of drug-likeness (QED) is 0.743. The topological polar surface area (TPSA) is 40.5 Å². The van der Waals surface area contributed by atoms with Crippen molar-refractivity contribution in [2.24, 2.45) is 0 Å². The van der Waals surface area contributed by atoms with Crippen molar-refractivity contribution in [3.63, 3.8) is 0 Å². The van der Waals surface area contributed by atoms with Crippen LogP contribution in [0.4, 0.5) is 10.5 Å². The van der Waals surface area contributed by atoms with Crippen molar-refractivity contribution in [1.82, 2.24) is 0 Å². The number of para-hydroxylation sites is 1. The SMILES string of the molecule is O=C(O)N1CC2(CCCCC2)c2ccccc21. The third-order valence-corrected chi connectivity index (χ3v) is 4.27. The van der Waals surface area contributed by atoms with E-state index in [4.69, 9.17) is 0 Å². The Labute approximate surface area is 101 Å². The van der Waals surface area contributed by atoms with Gasteiger partial charge in [-0.1, -0.05) is 37.5 Å². The van der Waals surface area contributed by atoms with Crippen LogP contribution in [-0.4, -0.2) is 17.7 Å². The summed E-state index contributed by atoms with van der Waals surface area (Å²) < 4.78 is 0. The molecule has 3 rings (SSSR count). The van der Waals surface area contributed by atoms with Gasteiger partial charge >= 0.3 is 6.09 Å². The Morgan fingerprint density at radius 1 is 1.18 bits per heavy atom. The van der Waals surface area contributed by atoms with E-state index in [0.29, 0.717) is 6.54 Å². The third-order valence-electron chi connectivity index (χ3n) is 4.27. The zero-order valence-electron chi connectivity index (χ0n) is 9.85. The van der Waals surface area contributed by atoms with Crippen molar-refractivity contribution < 1.29 is 9.90 Å². The highest BCUT2D eigenvalue weighted by Gasteiger charge is 2.44. The fraction of sp³-hybridized carbons (Fsp3) is 0.500. The van der Waals surface area contributed by atoms with Crippen molar-refractivity contribution in [3.05, 3.63) is 29.8 Å². The summed E-state index contributed by atoms with van der Waals surface area (Å²) in [6.07, 6.45) is 5.18. The first-order valence-electron chi connectivity index (χ1n) is 6.33. The molecule has 0 saturated heterocycles. The Morgan fingerprint density at radius 2 is 1.88 bits per heavy atom. The third kappa shape index (κ3) is 1.53. The molecule has 90 valence electrons. The monoisotopic (exact) mass is 231 g/mol. The molecule has 1 saturated carbocycles. The largest absolute Gasteiger partial charge is 0.465 e. The van der Waals surface area contributed by atoms with Crippen molar-refractivity contribution in [2.45, 2.75) is 37.5 Å². The summed E-state index contributed by atoms with van der Waals surface area (Å²) in [6.45, 7) is 0.654. The predicted molar refractivity (Wildman–Crippen MR) is 66.6 cm³/mol. The highest BCUT2D eigenvalue weighted by atomic mass is 16.4. The fourth-order valence-corrected chi connectivity index (χ4v) is 3.46. The van der Waals surface area contributed by atoms with Gasteiger partial charge in [-0.3, -0.25) is 4.90 Å². The summed E-state index contributed by atoms with van der Waals surface area (Å²) >= 11 is 0. The van der Waals surface area contributed by atoms with Crippen LogP contribution in [-0.2, 0) is 5.41 Å². The van der Waals surface area contributed by atoms with Crippen LogP contribution in [0.2, 0.25) is 0 Å². The molecule has 17 heavy (non-hydrogen) atoms. The molecular weight excluding hydrogens is 214 g/mol. The summed E-state index contributed by atoms with van der Waals surface area (Å²) in [5, 5.41) is 9.30. The molecule has 1 aliphatic heterocycles. The van der Waals surface area contributed by atoms with Gasteiger partial charge < -0.3 is 5.11 Å². The summed E-state index contributed by atoms with van der Waals surface area (Å²) in [5.41, 5.74) is 2.26. The lowest BCUT2D eigenvalue weighted by Gasteiger charge is -2.33. The molecule has 3 nitrogen and oxygen atoms in total. The highest BCUT2D eigenvalue weighted by molar-refractivity contribution is 5.90. The number of hydrogen-bond acceptors (Lipinski definition) is 1. The number of benzene rings is 1. The van der Waals surface area contributed by atoms with Gasteiger partial charge in [0.05, 0.1) is 5.69 Å². The highest BCUT2D eigenvalue weighted by Crippen LogP contribution is 2.48. The van der Waals surface area contributed by atoms with E-state index in [1.165, 1.54) is 29.7 Å². The Kier molecular flexibility index (Phi) is 2.35. The number of nitrogens with zero attached hydrogens (tertiary/aromatic N) is 1. The molecular formula is C14H17NO2. The van der Waals surface area contributed by atoms with Crippen LogP contribution < -0.4 is 4.90 Å². The summed E-state index contributed by atoms with van der Waals surface area (Å²) in [7, 11) is 0. The average Bonchev–Trinajstić information content (AvgIpc) is 2.66. The Balaban J connectivity index is 2.07. The molecule has 0 aromatic heterocycles. The molecule has 0 radical (unpaired) electrons. The van der Waals surface area contributed by atoms with E-state index >= 15 is 0 Å². The summed E-state index contributed by atoms with van der Waals surface area (Å²) in [6, 6.07) is 8.01. The maximum Gasteiger partial charge on any atom is 0.411 e. The molecule has 0 bridgehead atoms. The first-order chi connectivity index (χ1) is 8.23. The molecule has 3 heteroatoms. The van der Waals surface area contributed by atoms with Gasteiger partial charge in [0.2, 0.25) is 0 Å². The lowest BCUT2D eigenvalue weighted by Crippen LogP contribution is -2.37. The molecule has 2 aliphatic rings. The van der Waals surface area contributed by atoms with Crippen LogP contribution in [0, 0.1) is 0 Å². The van der Waals surface area contributed by atoms with Crippen LogP contribution in [0.15, 0.2) is 24.3 Å². The van der Waals surface area contributed by atoms with Gasteiger partial charge in [0.15, 0.2) is 0 Å². The van der Waals surface area contributed by atoms with Gasteiger partial charge in [-0.2, -0.15) is 0 Å². The molecule has 1 N–H and O–H groups in total. The lowest BCUT2D eigenvalue weighted by atomic mass is 9.71. The first kappa shape index (κ1) is 10.6. The smallest absolute Gasteiger partial charge is 0.411 e. The minimum absolute atomic E-state index is 0.104. The summed E-state index contributed by atoms with van der Waals surface area (Å²) in [5.74, 6) is 0. The van der Waals surface area contributed by atoms with E-state index in [1.54, 1.807) is 0 Å². The van der Waals surface area contributed by atoms with E-state index in [1.807, 2.05) is 18.2 Å². The van der Waals surface area contributed by atoms with E-state index in [-0.39, 0.29) is 5.41 Å². The standard InChI is InChI=1S/C14H17NO2/c16-13(17)15-10-14(8-4-1-5-9-14)11-6-2-3-7-12(11)15/h2-3,6-7H,1,4-5,8-10H2,(H,16,17). The molecule has 1 aromatic carbocycles. The van der Waals surface area contributed by atoms with Gasteiger partial charge in [-0.15, -0.1) is 0 Å². The van der Waals surface area contributed by atoms with Crippen LogP contribution in [0.1, 0.15) is 37.7 Å². The van der Waals surface area contributed by atoms with E-state index < -0.39 is 6.09 Å². The number of rotatable bonds is 0. The van der Waals surface area contributed by atoms with E-state index in [2.05, 4.69) is 6.07 Å². The number of anilines is 1.